The molecule has 2 heterocycles. The molecule has 0 aromatic carbocycles. The van der Waals surface area contributed by atoms with E-state index in [1.807, 2.05) is 11.8 Å². The number of aromatic amines is 1. The number of aromatic nitrogens is 2. The van der Waals surface area contributed by atoms with Crippen LogP contribution in [0.15, 0.2) is 15.9 Å². The standard InChI is InChI=1S/C23H40N2S2/c1-2-3-4-5-6-7-8-9-10-11-12-13-14-15-16-17-18-27-23-24-21-19-26-20-22(21)25-23/h19-20H,2-18H2,1H3,(H,24,25). The molecule has 0 amide bonds. The van der Waals surface area contributed by atoms with Gasteiger partial charge < -0.3 is 4.98 Å². The SMILES string of the molecule is CCCCCCCCCCCCCCCCCCSc1nc2cscc2[nH]1. The van der Waals surface area contributed by atoms with Gasteiger partial charge in [0, 0.05) is 16.5 Å². The molecule has 2 nitrogen and oxygen atoms in total. The molecule has 0 aliphatic carbocycles. The van der Waals surface area contributed by atoms with E-state index in [-0.39, 0.29) is 0 Å². The Bertz CT molecular complexity index is 547. The molecule has 0 aliphatic rings. The molecule has 2 rings (SSSR count). The topological polar surface area (TPSA) is 28.7 Å². The Morgan fingerprint density at radius 3 is 1.78 bits per heavy atom. The van der Waals surface area contributed by atoms with Crippen LogP contribution in [0.4, 0.5) is 0 Å². The molecule has 2 aromatic rings. The highest BCUT2D eigenvalue weighted by Gasteiger charge is 2.03. The van der Waals surface area contributed by atoms with E-state index < -0.39 is 0 Å². The van der Waals surface area contributed by atoms with Crippen LogP contribution in [0.3, 0.4) is 0 Å². The fraction of sp³-hybridized carbons (Fsp3) is 0.783. The van der Waals surface area contributed by atoms with Crippen molar-refractivity contribution >= 4 is 34.1 Å². The molecule has 154 valence electrons. The lowest BCUT2D eigenvalue weighted by molar-refractivity contribution is 0.531. The summed E-state index contributed by atoms with van der Waals surface area (Å²) in [5, 5.41) is 5.35. The Morgan fingerprint density at radius 2 is 1.26 bits per heavy atom. The first kappa shape index (κ1) is 22.8. The third-order valence-electron chi connectivity index (χ3n) is 5.34. The van der Waals surface area contributed by atoms with Crippen molar-refractivity contribution in [1.29, 1.82) is 0 Å². The maximum absolute atomic E-state index is 4.60. The monoisotopic (exact) mass is 408 g/mol. The van der Waals surface area contributed by atoms with Gasteiger partial charge in [0.1, 0.15) is 5.52 Å². The van der Waals surface area contributed by atoms with E-state index in [0.29, 0.717) is 0 Å². The van der Waals surface area contributed by atoms with Gasteiger partial charge in [-0.1, -0.05) is 115 Å². The summed E-state index contributed by atoms with van der Waals surface area (Å²) in [5.41, 5.74) is 2.31. The van der Waals surface area contributed by atoms with Crippen molar-refractivity contribution in [2.75, 3.05) is 5.75 Å². The molecule has 0 atom stereocenters. The number of unbranched alkanes of at least 4 members (excludes halogenated alkanes) is 15. The quantitative estimate of drug-likeness (QED) is 0.197. The van der Waals surface area contributed by atoms with E-state index >= 15 is 0 Å². The Hall–Kier alpha value is -0.480. The van der Waals surface area contributed by atoms with Gasteiger partial charge in [-0.2, -0.15) is 0 Å². The molecule has 0 fully saturated rings. The lowest BCUT2D eigenvalue weighted by atomic mass is 10.0. The highest BCUT2D eigenvalue weighted by atomic mass is 32.2. The van der Waals surface area contributed by atoms with E-state index in [1.54, 1.807) is 11.3 Å². The summed E-state index contributed by atoms with van der Waals surface area (Å²) in [6.45, 7) is 2.30. The van der Waals surface area contributed by atoms with Crippen molar-refractivity contribution in [2.45, 2.75) is 115 Å². The molecule has 0 bridgehead atoms. The van der Waals surface area contributed by atoms with Crippen LogP contribution in [-0.4, -0.2) is 15.7 Å². The van der Waals surface area contributed by atoms with E-state index in [2.05, 4.69) is 27.7 Å². The Labute approximate surface area is 175 Å². The summed E-state index contributed by atoms with van der Waals surface area (Å²) >= 11 is 3.59. The van der Waals surface area contributed by atoms with Crippen LogP contribution in [0.5, 0.6) is 0 Å². The molecular formula is C23H40N2S2. The summed E-state index contributed by atoms with van der Waals surface area (Å²) < 4.78 is 0. The maximum Gasteiger partial charge on any atom is 0.166 e. The third-order valence-corrected chi connectivity index (χ3v) is 7.03. The van der Waals surface area contributed by atoms with Gasteiger partial charge in [-0.15, -0.1) is 11.3 Å². The number of nitrogens with one attached hydrogen (secondary N) is 1. The van der Waals surface area contributed by atoms with Crippen LogP contribution < -0.4 is 0 Å². The van der Waals surface area contributed by atoms with Crippen LogP contribution in [0, 0.1) is 0 Å². The zero-order valence-corrected chi connectivity index (χ0v) is 19.1. The van der Waals surface area contributed by atoms with Crippen molar-refractivity contribution in [3.8, 4) is 0 Å². The fourth-order valence-corrected chi connectivity index (χ4v) is 5.19. The smallest absolute Gasteiger partial charge is 0.166 e. The van der Waals surface area contributed by atoms with Crippen molar-refractivity contribution in [2.24, 2.45) is 0 Å². The minimum atomic E-state index is 1.09. The first-order chi connectivity index (χ1) is 13.4. The van der Waals surface area contributed by atoms with Crippen LogP contribution in [0.2, 0.25) is 0 Å². The third kappa shape index (κ3) is 10.6. The lowest BCUT2D eigenvalue weighted by Crippen LogP contribution is -1.85. The average Bonchev–Trinajstić information content (AvgIpc) is 3.26. The normalized spacial score (nSPS) is 11.6. The number of hydrogen-bond acceptors (Lipinski definition) is 3. The second kappa shape index (κ2) is 15.4. The Balaban J connectivity index is 1.27. The molecule has 0 saturated carbocycles. The Morgan fingerprint density at radius 1 is 0.741 bits per heavy atom. The van der Waals surface area contributed by atoms with Gasteiger partial charge in [-0.3, -0.25) is 0 Å². The van der Waals surface area contributed by atoms with Crippen LogP contribution in [0.25, 0.3) is 11.0 Å². The van der Waals surface area contributed by atoms with Gasteiger partial charge in [0.05, 0.1) is 5.52 Å². The van der Waals surface area contributed by atoms with Crippen molar-refractivity contribution in [3.63, 3.8) is 0 Å². The summed E-state index contributed by atoms with van der Waals surface area (Å²) in [6, 6.07) is 0. The van der Waals surface area contributed by atoms with E-state index in [1.165, 1.54) is 114 Å². The molecule has 0 saturated heterocycles. The van der Waals surface area contributed by atoms with Gasteiger partial charge in [0.15, 0.2) is 5.16 Å². The number of hydrogen-bond donors (Lipinski definition) is 1. The zero-order valence-electron chi connectivity index (χ0n) is 17.4. The number of rotatable bonds is 18. The van der Waals surface area contributed by atoms with Gasteiger partial charge in [0.2, 0.25) is 0 Å². The predicted octanol–water partition coefficient (Wildman–Crippen LogP) is 8.98. The molecule has 0 spiro atoms. The van der Waals surface area contributed by atoms with E-state index in [9.17, 15) is 0 Å². The van der Waals surface area contributed by atoms with Crippen LogP contribution >= 0.6 is 23.1 Å². The van der Waals surface area contributed by atoms with Crippen molar-refractivity contribution in [3.05, 3.63) is 10.8 Å². The summed E-state index contributed by atoms with van der Waals surface area (Å²) in [6.07, 6.45) is 22.9. The van der Waals surface area contributed by atoms with E-state index in [4.69, 9.17) is 0 Å². The molecule has 0 unspecified atom stereocenters. The summed E-state index contributed by atoms with van der Waals surface area (Å²) in [7, 11) is 0. The first-order valence-electron chi connectivity index (χ1n) is 11.4. The molecule has 4 heteroatoms. The number of nitrogens with zero attached hydrogens (tertiary/aromatic N) is 1. The van der Waals surface area contributed by atoms with Crippen LogP contribution in [0.1, 0.15) is 110 Å². The largest absolute Gasteiger partial charge is 0.332 e. The number of thioether (sulfide) groups is 1. The number of imidazole rings is 1. The second-order valence-corrected chi connectivity index (χ2v) is 9.69. The number of fused-ring (bicyclic) bond motifs is 1. The van der Waals surface area contributed by atoms with Crippen molar-refractivity contribution in [1.82, 2.24) is 9.97 Å². The molecule has 0 aliphatic heterocycles. The molecule has 1 N–H and O–H groups in total. The number of thiophene rings is 1. The van der Waals surface area contributed by atoms with Crippen molar-refractivity contribution < 1.29 is 0 Å². The summed E-state index contributed by atoms with van der Waals surface area (Å²) in [5.74, 6) is 1.19. The minimum Gasteiger partial charge on any atom is -0.332 e. The average molecular weight is 409 g/mol. The highest BCUT2D eigenvalue weighted by molar-refractivity contribution is 7.99. The predicted molar refractivity (Wildman–Crippen MR) is 124 cm³/mol. The lowest BCUT2D eigenvalue weighted by Gasteiger charge is -2.03. The van der Waals surface area contributed by atoms with Crippen LogP contribution in [-0.2, 0) is 0 Å². The van der Waals surface area contributed by atoms with Gasteiger partial charge in [-0.05, 0) is 6.42 Å². The van der Waals surface area contributed by atoms with Gasteiger partial charge >= 0.3 is 0 Å². The highest BCUT2D eigenvalue weighted by Crippen LogP contribution is 2.23. The summed E-state index contributed by atoms with van der Waals surface area (Å²) in [4.78, 5) is 7.99. The minimum absolute atomic E-state index is 1.09. The fourth-order valence-electron chi connectivity index (χ4n) is 3.61. The van der Waals surface area contributed by atoms with Gasteiger partial charge in [0.25, 0.3) is 0 Å². The van der Waals surface area contributed by atoms with E-state index in [0.717, 1.165) is 10.7 Å². The molecule has 0 radical (unpaired) electrons. The maximum atomic E-state index is 4.60. The molecule has 2 aromatic heterocycles. The zero-order chi connectivity index (χ0) is 19.0. The first-order valence-corrected chi connectivity index (χ1v) is 13.4. The second-order valence-electron chi connectivity index (χ2n) is 7.86. The number of H-pyrrole nitrogens is 1. The van der Waals surface area contributed by atoms with Gasteiger partial charge in [-0.25, -0.2) is 4.98 Å². The molecule has 27 heavy (non-hydrogen) atoms. The molecular weight excluding hydrogens is 368 g/mol. The Kier molecular flexibility index (Phi) is 13.0.